The maximum absolute atomic E-state index is 12.4. The van der Waals surface area contributed by atoms with Gasteiger partial charge in [0.2, 0.25) is 5.78 Å². The maximum atomic E-state index is 12.4. The SMILES string of the molecule is Cc1ccccc1C(=O)c1cc2c(s1)CCC2. The summed E-state index contributed by atoms with van der Waals surface area (Å²) in [7, 11) is 0. The summed E-state index contributed by atoms with van der Waals surface area (Å²) >= 11 is 1.68. The third kappa shape index (κ3) is 1.83. The Kier molecular flexibility index (Phi) is 2.60. The summed E-state index contributed by atoms with van der Waals surface area (Å²) in [4.78, 5) is 14.7. The van der Waals surface area contributed by atoms with Crippen LogP contribution in [0.3, 0.4) is 0 Å². The standard InChI is InChI=1S/C15H14OS/c1-10-5-2-3-7-12(10)15(16)14-9-11-6-4-8-13(11)17-14/h2-3,5,7,9H,4,6,8H2,1H3. The van der Waals surface area contributed by atoms with E-state index in [2.05, 4.69) is 6.07 Å². The number of hydrogen-bond acceptors (Lipinski definition) is 2. The second-order valence-electron chi connectivity index (χ2n) is 4.56. The van der Waals surface area contributed by atoms with Crippen LogP contribution in [-0.4, -0.2) is 5.78 Å². The van der Waals surface area contributed by atoms with E-state index in [0.717, 1.165) is 28.8 Å². The van der Waals surface area contributed by atoms with Crippen LogP contribution in [0.1, 0.15) is 37.7 Å². The van der Waals surface area contributed by atoms with Crippen molar-refractivity contribution >= 4 is 17.1 Å². The van der Waals surface area contributed by atoms with Gasteiger partial charge in [0.25, 0.3) is 0 Å². The predicted molar refractivity (Wildman–Crippen MR) is 71.0 cm³/mol. The first-order valence-electron chi connectivity index (χ1n) is 5.97. The van der Waals surface area contributed by atoms with Crippen molar-refractivity contribution in [3.05, 3.63) is 56.8 Å². The number of fused-ring (bicyclic) bond motifs is 1. The van der Waals surface area contributed by atoms with Crippen molar-refractivity contribution in [2.24, 2.45) is 0 Å². The second-order valence-corrected chi connectivity index (χ2v) is 5.69. The third-order valence-electron chi connectivity index (χ3n) is 3.36. The minimum absolute atomic E-state index is 0.183. The van der Waals surface area contributed by atoms with Gasteiger partial charge in [-0.3, -0.25) is 4.79 Å². The Balaban J connectivity index is 1.99. The van der Waals surface area contributed by atoms with E-state index in [9.17, 15) is 4.79 Å². The van der Waals surface area contributed by atoms with Crippen LogP contribution in [0.2, 0.25) is 0 Å². The van der Waals surface area contributed by atoms with E-state index >= 15 is 0 Å². The minimum Gasteiger partial charge on any atom is -0.288 e. The molecule has 1 heterocycles. The summed E-state index contributed by atoms with van der Waals surface area (Å²) in [5.41, 5.74) is 3.30. The molecule has 0 aliphatic heterocycles. The van der Waals surface area contributed by atoms with Crippen LogP contribution in [0.4, 0.5) is 0 Å². The molecule has 2 heteroatoms. The molecule has 0 atom stereocenters. The molecule has 0 spiro atoms. The van der Waals surface area contributed by atoms with E-state index < -0.39 is 0 Å². The van der Waals surface area contributed by atoms with Crippen LogP contribution < -0.4 is 0 Å². The summed E-state index contributed by atoms with van der Waals surface area (Å²) in [6.45, 7) is 1.99. The Bertz CT molecular complexity index is 559. The van der Waals surface area contributed by atoms with Gasteiger partial charge in [-0.05, 0) is 43.4 Å². The molecule has 2 aromatic rings. The van der Waals surface area contributed by atoms with Gasteiger partial charge in [-0.25, -0.2) is 0 Å². The molecule has 0 saturated carbocycles. The summed E-state index contributed by atoms with van der Waals surface area (Å²) in [5.74, 6) is 0.183. The number of carbonyl (C=O) groups is 1. The zero-order valence-corrected chi connectivity index (χ0v) is 10.6. The number of carbonyl (C=O) groups excluding carboxylic acids is 1. The van der Waals surface area contributed by atoms with Crippen LogP contribution in [0.25, 0.3) is 0 Å². The van der Waals surface area contributed by atoms with Gasteiger partial charge in [0.05, 0.1) is 4.88 Å². The number of ketones is 1. The van der Waals surface area contributed by atoms with E-state index in [1.165, 1.54) is 16.9 Å². The van der Waals surface area contributed by atoms with Gasteiger partial charge in [0.1, 0.15) is 0 Å². The van der Waals surface area contributed by atoms with Crippen molar-refractivity contribution in [1.29, 1.82) is 0 Å². The molecule has 0 fully saturated rings. The van der Waals surface area contributed by atoms with Gasteiger partial charge in [0.15, 0.2) is 0 Å². The Hall–Kier alpha value is -1.41. The average molecular weight is 242 g/mol. The van der Waals surface area contributed by atoms with Gasteiger partial charge in [0, 0.05) is 10.4 Å². The Morgan fingerprint density at radius 2 is 2.06 bits per heavy atom. The first-order valence-corrected chi connectivity index (χ1v) is 6.79. The molecule has 1 aromatic heterocycles. The molecule has 1 aromatic carbocycles. The van der Waals surface area contributed by atoms with Gasteiger partial charge in [-0.15, -0.1) is 11.3 Å². The molecule has 3 rings (SSSR count). The number of hydrogen-bond donors (Lipinski definition) is 0. The Morgan fingerprint density at radius 1 is 1.24 bits per heavy atom. The molecule has 0 amide bonds. The van der Waals surface area contributed by atoms with Gasteiger partial charge >= 0.3 is 0 Å². The highest BCUT2D eigenvalue weighted by Crippen LogP contribution is 2.32. The van der Waals surface area contributed by atoms with Crippen LogP contribution in [-0.2, 0) is 12.8 Å². The van der Waals surface area contributed by atoms with E-state index in [4.69, 9.17) is 0 Å². The zero-order chi connectivity index (χ0) is 11.8. The number of rotatable bonds is 2. The fraction of sp³-hybridized carbons (Fsp3) is 0.267. The lowest BCUT2D eigenvalue weighted by molar-refractivity contribution is 0.104. The maximum Gasteiger partial charge on any atom is 0.203 e. The molecule has 1 aliphatic rings. The molecule has 1 aliphatic carbocycles. The first-order chi connectivity index (χ1) is 8.25. The van der Waals surface area contributed by atoms with E-state index in [1.54, 1.807) is 11.3 Å². The fourth-order valence-electron chi connectivity index (χ4n) is 2.40. The minimum atomic E-state index is 0.183. The molecule has 86 valence electrons. The smallest absolute Gasteiger partial charge is 0.203 e. The van der Waals surface area contributed by atoms with E-state index in [-0.39, 0.29) is 5.78 Å². The molecule has 17 heavy (non-hydrogen) atoms. The molecule has 0 unspecified atom stereocenters. The van der Waals surface area contributed by atoms with Crippen molar-refractivity contribution in [3.8, 4) is 0 Å². The lowest BCUT2D eigenvalue weighted by atomic mass is 10.0. The third-order valence-corrected chi connectivity index (χ3v) is 4.60. The van der Waals surface area contributed by atoms with Gasteiger partial charge in [-0.2, -0.15) is 0 Å². The first kappa shape index (κ1) is 10.7. The molecule has 0 radical (unpaired) electrons. The summed E-state index contributed by atoms with van der Waals surface area (Å²) in [6.07, 6.45) is 3.55. The van der Waals surface area contributed by atoms with Crippen molar-refractivity contribution in [2.45, 2.75) is 26.2 Å². The lowest BCUT2D eigenvalue weighted by Crippen LogP contribution is -2.01. The topological polar surface area (TPSA) is 17.1 Å². The zero-order valence-electron chi connectivity index (χ0n) is 9.82. The normalized spacial score (nSPS) is 13.7. The number of aryl methyl sites for hydroxylation is 3. The molecule has 1 nitrogen and oxygen atoms in total. The lowest BCUT2D eigenvalue weighted by Gasteiger charge is -2.02. The highest BCUT2D eigenvalue weighted by atomic mass is 32.1. The van der Waals surface area contributed by atoms with Crippen LogP contribution in [0.15, 0.2) is 30.3 Å². The molecular weight excluding hydrogens is 228 g/mol. The second kappa shape index (κ2) is 4.11. The van der Waals surface area contributed by atoms with Crippen molar-refractivity contribution in [1.82, 2.24) is 0 Å². The van der Waals surface area contributed by atoms with Crippen LogP contribution in [0.5, 0.6) is 0 Å². The van der Waals surface area contributed by atoms with Crippen molar-refractivity contribution < 1.29 is 4.79 Å². The molecule has 0 saturated heterocycles. The molecule has 0 bridgehead atoms. The van der Waals surface area contributed by atoms with E-state index in [1.807, 2.05) is 31.2 Å². The highest BCUT2D eigenvalue weighted by molar-refractivity contribution is 7.14. The number of thiophene rings is 1. The quantitative estimate of drug-likeness (QED) is 0.732. The fourth-order valence-corrected chi connectivity index (χ4v) is 3.61. The highest BCUT2D eigenvalue weighted by Gasteiger charge is 2.19. The van der Waals surface area contributed by atoms with Gasteiger partial charge < -0.3 is 0 Å². The van der Waals surface area contributed by atoms with Crippen molar-refractivity contribution in [2.75, 3.05) is 0 Å². The molecular formula is C15H14OS. The van der Waals surface area contributed by atoms with Crippen LogP contribution in [0, 0.1) is 6.92 Å². The van der Waals surface area contributed by atoms with Crippen LogP contribution >= 0.6 is 11.3 Å². The molecule has 0 N–H and O–H groups in total. The van der Waals surface area contributed by atoms with Crippen molar-refractivity contribution in [3.63, 3.8) is 0 Å². The largest absolute Gasteiger partial charge is 0.288 e. The Labute approximate surface area is 105 Å². The monoisotopic (exact) mass is 242 g/mol. The predicted octanol–water partition coefficient (Wildman–Crippen LogP) is 3.78. The average Bonchev–Trinajstić information content (AvgIpc) is 2.88. The summed E-state index contributed by atoms with van der Waals surface area (Å²) in [6, 6.07) is 9.92. The Morgan fingerprint density at radius 3 is 2.82 bits per heavy atom. The van der Waals surface area contributed by atoms with E-state index in [0.29, 0.717) is 0 Å². The summed E-state index contributed by atoms with van der Waals surface area (Å²) in [5, 5.41) is 0. The number of benzene rings is 1. The van der Waals surface area contributed by atoms with Gasteiger partial charge in [-0.1, -0.05) is 24.3 Å². The summed E-state index contributed by atoms with van der Waals surface area (Å²) < 4.78 is 0.